The largest absolute Gasteiger partial charge is 0.486 e. The van der Waals surface area contributed by atoms with Gasteiger partial charge in [0.2, 0.25) is 0 Å². The van der Waals surface area contributed by atoms with Crippen LogP contribution in [0.1, 0.15) is 24.2 Å². The first-order valence-corrected chi connectivity index (χ1v) is 7.41. The molecule has 0 aromatic heterocycles. The molecule has 0 bridgehead atoms. The average molecular weight is 311 g/mol. The number of hydrogen-bond donors (Lipinski definition) is 0. The minimum Gasteiger partial charge on any atom is -0.486 e. The van der Waals surface area contributed by atoms with Gasteiger partial charge in [-0.3, -0.25) is 9.63 Å². The van der Waals surface area contributed by atoms with Crippen molar-refractivity contribution in [2.24, 2.45) is 0 Å². The van der Waals surface area contributed by atoms with Gasteiger partial charge in [0.1, 0.15) is 11.9 Å². The molecule has 0 saturated heterocycles. The summed E-state index contributed by atoms with van der Waals surface area (Å²) >= 11 is 0. The monoisotopic (exact) mass is 311 g/mol. The van der Waals surface area contributed by atoms with Gasteiger partial charge in [0.25, 0.3) is 5.91 Å². The van der Waals surface area contributed by atoms with Crippen LogP contribution in [0.15, 0.2) is 60.7 Å². The molecular weight excluding hydrogens is 290 g/mol. The van der Waals surface area contributed by atoms with Crippen LogP contribution in [-0.2, 0) is 9.63 Å². The zero-order valence-corrected chi connectivity index (χ0v) is 13.6. The standard InChI is InChI=1S/C19H21NO3/c1-15(17-7-5-4-6-8-17)23-18-12-9-16(10-13-18)11-14-19(21)20(2)22-3/h4-15H,1-3H3. The molecule has 23 heavy (non-hydrogen) atoms. The second-order valence-electron chi connectivity index (χ2n) is 5.09. The molecule has 0 aliphatic rings. The van der Waals surface area contributed by atoms with E-state index in [1.807, 2.05) is 61.5 Å². The number of likely N-dealkylation sites (N-methyl/N-ethyl adjacent to an activating group) is 1. The first-order valence-electron chi connectivity index (χ1n) is 7.41. The number of hydroxylamine groups is 2. The smallest absolute Gasteiger partial charge is 0.269 e. The van der Waals surface area contributed by atoms with Gasteiger partial charge in [-0.05, 0) is 36.3 Å². The molecule has 0 saturated carbocycles. The van der Waals surface area contributed by atoms with Crippen LogP contribution in [0.25, 0.3) is 6.08 Å². The first kappa shape index (κ1) is 16.8. The van der Waals surface area contributed by atoms with E-state index in [0.717, 1.165) is 21.9 Å². The fourth-order valence-corrected chi connectivity index (χ4v) is 2.02. The number of carbonyl (C=O) groups is 1. The molecule has 2 rings (SSSR count). The summed E-state index contributed by atoms with van der Waals surface area (Å²) < 4.78 is 5.92. The Morgan fingerprint density at radius 2 is 1.74 bits per heavy atom. The van der Waals surface area contributed by atoms with Gasteiger partial charge in [0, 0.05) is 13.1 Å². The maximum atomic E-state index is 11.6. The molecular formula is C19H21NO3. The van der Waals surface area contributed by atoms with Gasteiger partial charge in [-0.2, -0.15) is 0 Å². The molecule has 1 amide bonds. The lowest BCUT2D eigenvalue weighted by atomic mass is 10.1. The van der Waals surface area contributed by atoms with Crippen LogP contribution in [0.2, 0.25) is 0 Å². The number of carbonyl (C=O) groups excluding carboxylic acids is 1. The van der Waals surface area contributed by atoms with Crippen LogP contribution in [0.3, 0.4) is 0 Å². The van der Waals surface area contributed by atoms with Crippen molar-refractivity contribution in [3.63, 3.8) is 0 Å². The molecule has 0 heterocycles. The lowest BCUT2D eigenvalue weighted by Crippen LogP contribution is -2.22. The van der Waals surface area contributed by atoms with Crippen molar-refractivity contribution >= 4 is 12.0 Å². The van der Waals surface area contributed by atoms with E-state index in [4.69, 9.17) is 9.57 Å². The van der Waals surface area contributed by atoms with Crippen LogP contribution < -0.4 is 4.74 Å². The summed E-state index contributed by atoms with van der Waals surface area (Å²) in [5.74, 6) is 0.573. The number of nitrogens with zero attached hydrogens (tertiary/aromatic N) is 1. The summed E-state index contributed by atoms with van der Waals surface area (Å²) in [6.45, 7) is 2.02. The van der Waals surface area contributed by atoms with Gasteiger partial charge in [0.05, 0.1) is 7.11 Å². The molecule has 0 N–H and O–H groups in total. The topological polar surface area (TPSA) is 38.8 Å². The lowest BCUT2D eigenvalue weighted by Gasteiger charge is -2.15. The quantitative estimate of drug-likeness (QED) is 0.600. The molecule has 120 valence electrons. The molecule has 0 spiro atoms. The van der Waals surface area contributed by atoms with Crippen molar-refractivity contribution in [2.45, 2.75) is 13.0 Å². The minimum atomic E-state index is -0.217. The fourth-order valence-electron chi connectivity index (χ4n) is 2.02. The highest BCUT2D eigenvalue weighted by Crippen LogP contribution is 2.22. The van der Waals surface area contributed by atoms with Crippen LogP contribution in [0.4, 0.5) is 0 Å². The summed E-state index contributed by atoms with van der Waals surface area (Å²) in [6, 6.07) is 17.7. The van der Waals surface area contributed by atoms with Gasteiger partial charge in [0.15, 0.2) is 0 Å². The predicted octanol–water partition coefficient (Wildman–Crippen LogP) is 3.86. The Morgan fingerprint density at radius 3 is 2.35 bits per heavy atom. The molecule has 0 fully saturated rings. The van der Waals surface area contributed by atoms with Gasteiger partial charge >= 0.3 is 0 Å². The van der Waals surface area contributed by atoms with E-state index in [0.29, 0.717) is 0 Å². The van der Waals surface area contributed by atoms with Crippen molar-refractivity contribution < 1.29 is 14.4 Å². The summed E-state index contributed by atoms with van der Waals surface area (Å²) in [7, 11) is 3.01. The highest BCUT2D eigenvalue weighted by molar-refractivity contribution is 5.90. The van der Waals surface area contributed by atoms with Crippen LogP contribution in [0, 0.1) is 0 Å². The predicted molar refractivity (Wildman–Crippen MR) is 90.7 cm³/mol. The molecule has 0 radical (unpaired) electrons. The zero-order valence-electron chi connectivity index (χ0n) is 13.6. The minimum absolute atomic E-state index is 0.0190. The summed E-state index contributed by atoms with van der Waals surface area (Å²) in [5, 5.41) is 1.16. The Kier molecular flexibility index (Phi) is 5.94. The van der Waals surface area contributed by atoms with E-state index in [1.54, 1.807) is 13.1 Å². The molecule has 2 aromatic carbocycles. The van der Waals surface area contributed by atoms with E-state index in [9.17, 15) is 4.79 Å². The number of ether oxygens (including phenoxy) is 1. The van der Waals surface area contributed by atoms with Crippen molar-refractivity contribution in [3.05, 3.63) is 71.8 Å². The van der Waals surface area contributed by atoms with E-state index in [1.165, 1.54) is 13.2 Å². The third-order valence-electron chi connectivity index (χ3n) is 3.46. The molecule has 1 unspecified atom stereocenters. The fraction of sp³-hybridized carbons (Fsp3) is 0.211. The zero-order chi connectivity index (χ0) is 16.7. The summed E-state index contributed by atoms with van der Waals surface area (Å²) in [5.41, 5.74) is 2.05. The Bertz CT molecular complexity index is 650. The van der Waals surface area contributed by atoms with Crippen molar-refractivity contribution in [2.75, 3.05) is 14.2 Å². The van der Waals surface area contributed by atoms with Crippen LogP contribution in [0.5, 0.6) is 5.75 Å². The molecule has 0 aliphatic heterocycles. The summed E-state index contributed by atoms with van der Waals surface area (Å²) in [6.07, 6.45) is 3.18. The highest BCUT2D eigenvalue weighted by Gasteiger charge is 2.06. The van der Waals surface area contributed by atoms with Gasteiger partial charge in [-0.1, -0.05) is 42.5 Å². The van der Waals surface area contributed by atoms with E-state index >= 15 is 0 Å². The summed E-state index contributed by atoms with van der Waals surface area (Å²) in [4.78, 5) is 16.4. The second-order valence-corrected chi connectivity index (χ2v) is 5.09. The van der Waals surface area contributed by atoms with Crippen molar-refractivity contribution in [1.82, 2.24) is 5.06 Å². The van der Waals surface area contributed by atoms with E-state index in [-0.39, 0.29) is 12.0 Å². The SMILES string of the molecule is CON(C)C(=O)C=Cc1ccc(OC(C)c2ccccc2)cc1. The lowest BCUT2D eigenvalue weighted by molar-refractivity contribution is -0.162. The molecule has 4 heteroatoms. The third kappa shape index (κ3) is 4.97. The Labute approximate surface area is 136 Å². The Hall–Kier alpha value is -2.59. The molecule has 1 atom stereocenters. The second kappa shape index (κ2) is 8.15. The number of amides is 1. The number of hydrogen-bond acceptors (Lipinski definition) is 3. The van der Waals surface area contributed by atoms with Gasteiger partial charge in [-0.25, -0.2) is 5.06 Å². The third-order valence-corrected chi connectivity index (χ3v) is 3.46. The molecule has 2 aromatic rings. The van der Waals surface area contributed by atoms with Crippen LogP contribution >= 0.6 is 0 Å². The van der Waals surface area contributed by atoms with Crippen molar-refractivity contribution in [1.29, 1.82) is 0 Å². The van der Waals surface area contributed by atoms with E-state index in [2.05, 4.69) is 0 Å². The first-order chi connectivity index (χ1) is 11.1. The molecule has 4 nitrogen and oxygen atoms in total. The molecule has 0 aliphatic carbocycles. The Morgan fingerprint density at radius 1 is 1.09 bits per heavy atom. The average Bonchev–Trinajstić information content (AvgIpc) is 2.60. The Balaban J connectivity index is 1.97. The number of benzene rings is 2. The highest BCUT2D eigenvalue weighted by atomic mass is 16.7. The van der Waals surface area contributed by atoms with E-state index < -0.39 is 0 Å². The van der Waals surface area contributed by atoms with Crippen molar-refractivity contribution in [3.8, 4) is 5.75 Å². The van der Waals surface area contributed by atoms with Gasteiger partial charge in [-0.15, -0.1) is 0 Å². The number of rotatable bonds is 6. The van der Waals surface area contributed by atoms with Crippen LogP contribution in [-0.4, -0.2) is 25.1 Å². The van der Waals surface area contributed by atoms with Gasteiger partial charge < -0.3 is 4.74 Å². The normalized spacial score (nSPS) is 12.1. The maximum Gasteiger partial charge on any atom is 0.269 e. The maximum absolute atomic E-state index is 11.6.